The molecule has 4 rings (SSSR count). The number of nitro groups is 1. The van der Waals surface area contributed by atoms with E-state index in [0.717, 1.165) is 56.5 Å². The zero-order valence-electron chi connectivity index (χ0n) is 13.2. The molecule has 126 valence electrons. The lowest BCUT2D eigenvalue weighted by Gasteiger charge is -2.34. The van der Waals surface area contributed by atoms with Gasteiger partial charge in [-0.05, 0) is 25.3 Å². The molecule has 0 amide bonds. The molecule has 1 unspecified atom stereocenters. The van der Waals surface area contributed by atoms with Gasteiger partial charge >= 0.3 is 0 Å². The number of non-ortho nitro benzene ring substituents is 1. The molecule has 1 aromatic heterocycles. The number of rotatable bonds is 3. The van der Waals surface area contributed by atoms with Crippen molar-refractivity contribution in [2.45, 2.75) is 38.1 Å². The maximum atomic E-state index is 14.3. The SMILES string of the molecule is O=[N+]([O-])c1ccc(N2CCCC(c3nnc4n3CCC4)C2)c(F)c1. The molecule has 0 saturated carbocycles. The first-order valence-corrected chi connectivity index (χ1v) is 8.24. The molecule has 2 aliphatic heterocycles. The van der Waals surface area contributed by atoms with Crippen LogP contribution in [0.4, 0.5) is 15.8 Å². The first-order valence-electron chi connectivity index (χ1n) is 8.24. The molecule has 0 N–H and O–H groups in total. The van der Waals surface area contributed by atoms with Gasteiger partial charge in [0.25, 0.3) is 5.69 Å². The van der Waals surface area contributed by atoms with Crippen LogP contribution in [0.2, 0.25) is 0 Å². The summed E-state index contributed by atoms with van der Waals surface area (Å²) in [6.07, 6.45) is 4.01. The number of hydrogen-bond acceptors (Lipinski definition) is 5. The van der Waals surface area contributed by atoms with Gasteiger partial charge in [0.05, 0.1) is 16.7 Å². The predicted octanol–water partition coefficient (Wildman–Crippen LogP) is 2.66. The minimum Gasteiger partial charge on any atom is -0.368 e. The fraction of sp³-hybridized carbons (Fsp3) is 0.500. The summed E-state index contributed by atoms with van der Waals surface area (Å²) in [5.74, 6) is 1.71. The van der Waals surface area contributed by atoms with Crippen molar-refractivity contribution >= 4 is 11.4 Å². The van der Waals surface area contributed by atoms with Crippen molar-refractivity contribution in [2.75, 3.05) is 18.0 Å². The average molecular weight is 331 g/mol. The Hall–Kier alpha value is -2.51. The Balaban J connectivity index is 1.58. The summed E-state index contributed by atoms with van der Waals surface area (Å²) in [6.45, 7) is 2.36. The second-order valence-corrected chi connectivity index (χ2v) is 6.41. The molecule has 1 fully saturated rings. The number of aromatic nitrogens is 3. The number of benzene rings is 1. The highest BCUT2D eigenvalue weighted by Gasteiger charge is 2.29. The van der Waals surface area contributed by atoms with Crippen LogP contribution in [0.3, 0.4) is 0 Å². The second kappa shape index (κ2) is 5.85. The molecule has 8 heteroatoms. The van der Waals surface area contributed by atoms with Crippen LogP contribution in [-0.2, 0) is 13.0 Å². The molecule has 1 saturated heterocycles. The van der Waals surface area contributed by atoms with Crippen molar-refractivity contribution in [3.05, 3.63) is 45.8 Å². The minimum absolute atomic E-state index is 0.215. The van der Waals surface area contributed by atoms with Gasteiger partial charge < -0.3 is 9.47 Å². The van der Waals surface area contributed by atoms with Crippen LogP contribution in [-0.4, -0.2) is 32.8 Å². The maximum absolute atomic E-state index is 14.3. The molecule has 0 radical (unpaired) electrons. The van der Waals surface area contributed by atoms with Crippen LogP contribution in [0.5, 0.6) is 0 Å². The lowest BCUT2D eigenvalue weighted by atomic mass is 9.96. The Morgan fingerprint density at radius 2 is 2.12 bits per heavy atom. The van der Waals surface area contributed by atoms with Gasteiger partial charge in [-0.1, -0.05) is 0 Å². The second-order valence-electron chi connectivity index (χ2n) is 6.41. The fourth-order valence-electron chi connectivity index (χ4n) is 3.75. The van der Waals surface area contributed by atoms with Crippen molar-refractivity contribution in [1.29, 1.82) is 0 Å². The zero-order valence-corrected chi connectivity index (χ0v) is 13.2. The number of piperidine rings is 1. The molecule has 0 bridgehead atoms. The Labute approximate surface area is 138 Å². The van der Waals surface area contributed by atoms with Gasteiger partial charge in [0.15, 0.2) is 5.82 Å². The van der Waals surface area contributed by atoms with Crippen LogP contribution in [0.25, 0.3) is 0 Å². The van der Waals surface area contributed by atoms with Gasteiger partial charge in [0.1, 0.15) is 11.6 Å². The summed E-state index contributed by atoms with van der Waals surface area (Å²) >= 11 is 0. The highest BCUT2D eigenvalue weighted by atomic mass is 19.1. The topological polar surface area (TPSA) is 77.1 Å². The standard InChI is InChI=1S/C16H18FN5O2/c17-13-9-12(22(23)24)5-6-14(13)20-7-1-3-11(10-20)16-19-18-15-4-2-8-21(15)16/h5-6,9,11H,1-4,7-8,10H2. The molecule has 2 aromatic rings. The molecule has 24 heavy (non-hydrogen) atoms. The zero-order chi connectivity index (χ0) is 16.7. The van der Waals surface area contributed by atoms with Crippen LogP contribution in [0.1, 0.15) is 36.8 Å². The van der Waals surface area contributed by atoms with E-state index in [0.29, 0.717) is 12.2 Å². The third-order valence-corrected chi connectivity index (χ3v) is 4.91. The maximum Gasteiger partial charge on any atom is 0.272 e. The summed E-state index contributed by atoms with van der Waals surface area (Å²) in [4.78, 5) is 12.1. The van der Waals surface area contributed by atoms with E-state index in [2.05, 4.69) is 14.8 Å². The quantitative estimate of drug-likeness (QED) is 0.638. The molecule has 1 aromatic carbocycles. The van der Waals surface area contributed by atoms with Crippen molar-refractivity contribution < 1.29 is 9.31 Å². The van der Waals surface area contributed by atoms with Crippen LogP contribution in [0, 0.1) is 15.9 Å². The van der Waals surface area contributed by atoms with Gasteiger partial charge in [0.2, 0.25) is 0 Å². The van der Waals surface area contributed by atoms with E-state index >= 15 is 0 Å². The Bertz CT molecular complexity index is 791. The van der Waals surface area contributed by atoms with E-state index in [1.165, 1.54) is 12.1 Å². The molecular weight excluding hydrogens is 313 g/mol. The molecule has 2 aliphatic rings. The molecule has 0 aliphatic carbocycles. The van der Waals surface area contributed by atoms with Crippen molar-refractivity contribution in [2.24, 2.45) is 0 Å². The largest absolute Gasteiger partial charge is 0.368 e. The molecule has 0 spiro atoms. The first kappa shape index (κ1) is 15.0. The molecular formula is C16H18FN5O2. The van der Waals surface area contributed by atoms with E-state index < -0.39 is 10.7 Å². The number of hydrogen-bond donors (Lipinski definition) is 0. The number of anilines is 1. The van der Waals surface area contributed by atoms with E-state index in [-0.39, 0.29) is 11.6 Å². The van der Waals surface area contributed by atoms with Gasteiger partial charge in [0, 0.05) is 38.0 Å². The molecule has 1 atom stereocenters. The van der Waals surface area contributed by atoms with E-state index in [1.807, 2.05) is 4.90 Å². The Kier molecular flexibility index (Phi) is 3.66. The summed E-state index contributed by atoms with van der Waals surface area (Å²) in [6, 6.07) is 3.86. The third kappa shape index (κ3) is 2.51. The highest BCUT2D eigenvalue weighted by Crippen LogP contribution is 2.33. The van der Waals surface area contributed by atoms with Gasteiger partial charge in [-0.2, -0.15) is 0 Å². The van der Waals surface area contributed by atoms with E-state index in [9.17, 15) is 14.5 Å². The number of halogens is 1. The van der Waals surface area contributed by atoms with Gasteiger partial charge in [-0.3, -0.25) is 10.1 Å². The predicted molar refractivity (Wildman–Crippen MR) is 85.6 cm³/mol. The monoisotopic (exact) mass is 331 g/mol. The average Bonchev–Trinajstić information content (AvgIpc) is 3.18. The lowest BCUT2D eigenvalue weighted by Crippen LogP contribution is -2.36. The minimum atomic E-state index is -0.578. The highest BCUT2D eigenvalue weighted by molar-refractivity contribution is 5.53. The fourth-order valence-corrected chi connectivity index (χ4v) is 3.75. The number of fused-ring (bicyclic) bond motifs is 1. The number of aryl methyl sites for hydroxylation is 1. The first-order chi connectivity index (χ1) is 11.6. The number of nitrogens with zero attached hydrogens (tertiary/aromatic N) is 5. The van der Waals surface area contributed by atoms with Gasteiger partial charge in [-0.15, -0.1) is 10.2 Å². The summed E-state index contributed by atoms with van der Waals surface area (Å²) in [7, 11) is 0. The molecule has 7 nitrogen and oxygen atoms in total. The van der Waals surface area contributed by atoms with Crippen LogP contribution >= 0.6 is 0 Å². The van der Waals surface area contributed by atoms with Crippen molar-refractivity contribution in [1.82, 2.24) is 14.8 Å². The smallest absolute Gasteiger partial charge is 0.272 e. The third-order valence-electron chi connectivity index (χ3n) is 4.91. The van der Waals surface area contributed by atoms with E-state index in [1.54, 1.807) is 0 Å². The summed E-state index contributed by atoms with van der Waals surface area (Å²) < 4.78 is 16.5. The summed E-state index contributed by atoms with van der Waals surface area (Å²) in [5.41, 5.74) is 0.201. The van der Waals surface area contributed by atoms with E-state index in [4.69, 9.17) is 0 Å². The number of nitro benzene ring substituents is 1. The Morgan fingerprint density at radius 3 is 2.92 bits per heavy atom. The lowest BCUT2D eigenvalue weighted by molar-refractivity contribution is -0.385. The van der Waals surface area contributed by atoms with Crippen molar-refractivity contribution in [3.8, 4) is 0 Å². The van der Waals surface area contributed by atoms with Crippen LogP contribution in [0.15, 0.2) is 18.2 Å². The summed E-state index contributed by atoms with van der Waals surface area (Å²) in [5, 5.41) is 19.4. The normalized spacial score (nSPS) is 20.2. The van der Waals surface area contributed by atoms with Crippen LogP contribution < -0.4 is 4.90 Å². The Morgan fingerprint density at radius 1 is 1.25 bits per heavy atom. The van der Waals surface area contributed by atoms with Crippen molar-refractivity contribution in [3.63, 3.8) is 0 Å². The van der Waals surface area contributed by atoms with Gasteiger partial charge in [-0.25, -0.2) is 4.39 Å². The molecule has 3 heterocycles.